The lowest BCUT2D eigenvalue weighted by atomic mass is 10.1. The molecule has 0 atom stereocenters. The number of sulfonamides is 1. The van der Waals surface area contributed by atoms with Crippen LogP contribution in [0.4, 0.5) is 0 Å². The second-order valence-electron chi connectivity index (χ2n) is 6.31. The summed E-state index contributed by atoms with van der Waals surface area (Å²) < 4.78 is 33.6. The largest absolute Gasteiger partial charge is 0.356 e. The maximum Gasteiger partial charge on any atom is 0.241 e. The van der Waals surface area contributed by atoms with Crippen LogP contribution in [-0.4, -0.2) is 19.6 Å². The highest BCUT2D eigenvalue weighted by Crippen LogP contribution is 2.29. The molecule has 6 heteroatoms. The number of hydrogen-bond acceptors (Lipinski definition) is 4. The molecule has 1 aliphatic carbocycles. The fraction of sp³-hybridized carbons (Fsp3) is 0.471. The van der Waals surface area contributed by atoms with Crippen LogP contribution < -0.4 is 4.72 Å². The zero-order chi connectivity index (χ0) is 16.6. The summed E-state index contributed by atoms with van der Waals surface area (Å²) in [6, 6.07) is 5.42. The molecule has 2 aromatic rings. The van der Waals surface area contributed by atoms with E-state index in [2.05, 4.69) is 9.88 Å². The van der Waals surface area contributed by atoms with Gasteiger partial charge in [-0.3, -0.25) is 0 Å². The first kappa shape index (κ1) is 16.2. The van der Waals surface area contributed by atoms with Crippen molar-refractivity contribution in [2.75, 3.05) is 0 Å². The first-order valence-corrected chi connectivity index (χ1v) is 9.43. The Kier molecular flexibility index (Phi) is 4.29. The molecule has 0 amide bonds. The number of aryl methyl sites for hydroxylation is 2. The normalized spacial score (nSPS) is 16.1. The average Bonchev–Trinajstić information content (AvgIpc) is 3.11. The summed E-state index contributed by atoms with van der Waals surface area (Å²) in [6.07, 6.45) is 4.00. The minimum Gasteiger partial charge on any atom is -0.356 e. The van der Waals surface area contributed by atoms with Crippen LogP contribution in [0.1, 0.15) is 42.5 Å². The van der Waals surface area contributed by atoms with Crippen molar-refractivity contribution in [1.29, 1.82) is 0 Å². The highest BCUT2D eigenvalue weighted by molar-refractivity contribution is 7.89. The van der Waals surface area contributed by atoms with Crippen molar-refractivity contribution in [3.63, 3.8) is 0 Å². The molecule has 0 aliphatic heterocycles. The van der Waals surface area contributed by atoms with Crippen LogP contribution in [0.15, 0.2) is 27.6 Å². The highest BCUT2D eigenvalue weighted by atomic mass is 32.2. The van der Waals surface area contributed by atoms with E-state index in [4.69, 9.17) is 4.52 Å². The van der Waals surface area contributed by atoms with E-state index in [0.29, 0.717) is 10.7 Å². The third-order valence-corrected chi connectivity index (χ3v) is 6.24. The molecule has 23 heavy (non-hydrogen) atoms. The molecule has 0 spiro atoms. The number of rotatable bonds is 4. The Labute approximate surface area is 137 Å². The maximum atomic E-state index is 12.7. The molecule has 1 aliphatic rings. The predicted molar refractivity (Wildman–Crippen MR) is 88.7 cm³/mol. The van der Waals surface area contributed by atoms with Gasteiger partial charge in [0.25, 0.3) is 0 Å². The molecule has 5 nitrogen and oxygen atoms in total. The Hall–Kier alpha value is -1.66. The molecule has 1 heterocycles. The van der Waals surface area contributed by atoms with Crippen molar-refractivity contribution in [3.8, 4) is 11.3 Å². The van der Waals surface area contributed by atoms with Gasteiger partial charge in [0.1, 0.15) is 0 Å². The average molecular weight is 334 g/mol. The summed E-state index contributed by atoms with van der Waals surface area (Å²) in [6.45, 7) is 5.60. The molecule has 0 radical (unpaired) electrons. The molecular formula is C17H22N2O3S. The van der Waals surface area contributed by atoms with Crippen LogP contribution in [0.25, 0.3) is 11.3 Å². The van der Waals surface area contributed by atoms with E-state index in [1.807, 2.05) is 32.9 Å². The van der Waals surface area contributed by atoms with E-state index in [0.717, 1.165) is 48.1 Å². The van der Waals surface area contributed by atoms with Crippen molar-refractivity contribution >= 4 is 10.0 Å². The van der Waals surface area contributed by atoms with E-state index in [9.17, 15) is 8.42 Å². The summed E-state index contributed by atoms with van der Waals surface area (Å²) in [4.78, 5) is 0.315. The van der Waals surface area contributed by atoms with Crippen molar-refractivity contribution in [1.82, 2.24) is 9.88 Å². The van der Waals surface area contributed by atoms with Gasteiger partial charge < -0.3 is 4.52 Å². The lowest BCUT2D eigenvalue weighted by Gasteiger charge is -2.14. The van der Waals surface area contributed by atoms with Crippen molar-refractivity contribution < 1.29 is 12.9 Å². The van der Waals surface area contributed by atoms with Crippen molar-refractivity contribution in [3.05, 3.63) is 35.0 Å². The van der Waals surface area contributed by atoms with Gasteiger partial charge in [0.15, 0.2) is 5.76 Å². The van der Waals surface area contributed by atoms with Crippen LogP contribution in [-0.2, 0) is 10.0 Å². The van der Waals surface area contributed by atoms with Gasteiger partial charge in [0, 0.05) is 17.2 Å². The van der Waals surface area contributed by atoms with Gasteiger partial charge in [0.05, 0.1) is 10.6 Å². The first-order chi connectivity index (χ1) is 10.9. The van der Waals surface area contributed by atoms with Crippen LogP contribution >= 0.6 is 0 Å². The molecule has 1 aromatic heterocycles. The highest BCUT2D eigenvalue weighted by Gasteiger charge is 2.25. The lowest BCUT2D eigenvalue weighted by molar-refractivity contribution is 0.426. The lowest BCUT2D eigenvalue weighted by Crippen LogP contribution is -2.33. The molecule has 0 saturated heterocycles. The van der Waals surface area contributed by atoms with Gasteiger partial charge in [-0.2, -0.15) is 0 Å². The van der Waals surface area contributed by atoms with Gasteiger partial charge in [-0.15, -0.1) is 0 Å². The Bertz CT molecular complexity index is 818. The minimum atomic E-state index is -3.52. The van der Waals surface area contributed by atoms with Crippen LogP contribution in [0.5, 0.6) is 0 Å². The fourth-order valence-electron chi connectivity index (χ4n) is 3.04. The molecule has 124 valence electrons. The number of aromatic nitrogens is 1. The molecule has 1 aromatic carbocycles. The second-order valence-corrected chi connectivity index (χ2v) is 7.99. The fourth-order valence-corrected chi connectivity index (χ4v) is 4.62. The number of benzene rings is 1. The van der Waals surface area contributed by atoms with E-state index >= 15 is 0 Å². The molecule has 1 saturated carbocycles. The Morgan fingerprint density at radius 3 is 2.48 bits per heavy atom. The molecule has 0 unspecified atom stereocenters. The predicted octanol–water partition coefficient (Wildman–Crippen LogP) is 3.49. The monoisotopic (exact) mass is 334 g/mol. The van der Waals surface area contributed by atoms with Crippen molar-refractivity contribution in [2.45, 2.75) is 57.4 Å². The molecule has 0 bridgehead atoms. The smallest absolute Gasteiger partial charge is 0.241 e. The van der Waals surface area contributed by atoms with E-state index in [1.165, 1.54) is 0 Å². The Balaban J connectivity index is 1.98. The van der Waals surface area contributed by atoms with Gasteiger partial charge >= 0.3 is 0 Å². The molecule has 3 rings (SSSR count). The Morgan fingerprint density at radius 2 is 1.87 bits per heavy atom. The van der Waals surface area contributed by atoms with Crippen molar-refractivity contribution in [2.24, 2.45) is 0 Å². The van der Waals surface area contributed by atoms with Gasteiger partial charge in [-0.25, -0.2) is 13.1 Å². The molecule has 1 N–H and O–H groups in total. The third kappa shape index (κ3) is 3.19. The molecule has 1 fully saturated rings. The standard InChI is InChI=1S/C17H22N2O3S/c1-11-8-9-14(17-12(2)13(3)18-22-17)10-16(11)23(20,21)19-15-6-4-5-7-15/h8-10,15,19H,4-7H2,1-3H3. The van der Waals surface area contributed by atoms with Gasteiger partial charge in [0.2, 0.25) is 10.0 Å². The second kappa shape index (κ2) is 6.09. The summed E-state index contributed by atoms with van der Waals surface area (Å²) >= 11 is 0. The summed E-state index contributed by atoms with van der Waals surface area (Å²) in [5, 5.41) is 3.95. The summed E-state index contributed by atoms with van der Waals surface area (Å²) in [5.41, 5.74) is 3.21. The quantitative estimate of drug-likeness (QED) is 0.929. The zero-order valence-corrected chi connectivity index (χ0v) is 14.5. The summed E-state index contributed by atoms with van der Waals surface area (Å²) in [5.74, 6) is 0.625. The zero-order valence-electron chi connectivity index (χ0n) is 13.7. The Morgan fingerprint density at radius 1 is 1.17 bits per heavy atom. The summed E-state index contributed by atoms with van der Waals surface area (Å²) in [7, 11) is -3.52. The number of hydrogen-bond donors (Lipinski definition) is 1. The third-order valence-electron chi connectivity index (χ3n) is 4.57. The SMILES string of the molecule is Cc1ccc(-c2onc(C)c2C)cc1S(=O)(=O)NC1CCCC1. The van der Waals surface area contributed by atoms with Gasteiger partial charge in [-0.1, -0.05) is 30.1 Å². The van der Waals surface area contributed by atoms with E-state index in [-0.39, 0.29) is 6.04 Å². The number of nitrogens with zero attached hydrogens (tertiary/aromatic N) is 1. The van der Waals surface area contributed by atoms with E-state index < -0.39 is 10.0 Å². The minimum absolute atomic E-state index is 0.0531. The van der Waals surface area contributed by atoms with E-state index in [1.54, 1.807) is 6.07 Å². The van der Waals surface area contributed by atoms with Crippen LogP contribution in [0, 0.1) is 20.8 Å². The molecular weight excluding hydrogens is 312 g/mol. The van der Waals surface area contributed by atoms with Crippen LogP contribution in [0.3, 0.4) is 0 Å². The first-order valence-electron chi connectivity index (χ1n) is 7.95. The maximum absolute atomic E-state index is 12.7. The number of nitrogens with one attached hydrogen (secondary N) is 1. The topological polar surface area (TPSA) is 72.2 Å². The van der Waals surface area contributed by atoms with Gasteiger partial charge in [-0.05, 0) is 45.2 Å². The van der Waals surface area contributed by atoms with Crippen LogP contribution in [0.2, 0.25) is 0 Å².